The summed E-state index contributed by atoms with van der Waals surface area (Å²) >= 11 is 12.1. The Morgan fingerprint density at radius 1 is 1.07 bits per heavy atom. The van der Waals surface area contributed by atoms with Crippen LogP contribution in [-0.2, 0) is 9.53 Å². The van der Waals surface area contributed by atoms with E-state index in [0.29, 0.717) is 16.6 Å². The van der Waals surface area contributed by atoms with Gasteiger partial charge in [0, 0.05) is 22.6 Å². The zero-order valence-corrected chi connectivity index (χ0v) is 16.8. The molecule has 0 aliphatic carbocycles. The van der Waals surface area contributed by atoms with Gasteiger partial charge in [0.15, 0.2) is 0 Å². The molecule has 0 spiro atoms. The number of carbonyl (C=O) groups is 1. The summed E-state index contributed by atoms with van der Waals surface area (Å²) in [5.74, 6) is -0.0379. The first-order valence-electron chi connectivity index (χ1n) is 9.19. The minimum atomic E-state index is -0.299. The number of hydrogen-bond donors (Lipinski definition) is 1. The molecule has 1 aliphatic rings. The molecule has 4 nitrogen and oxygen atoms in total. The van der Waals surface area contributed by atoms with Crippen LogP contribution in [0.2, 0.25) is 10.0 Å². The van der Waals surface area contributed by atoms with E-state index in [1.807, 2.05) is 53.4 Å². The van der Waals surface area contributed by atoms with Gasteiger partial charge in [-0.25, -0.2) is 0 Å². The lowest BCUT2D eigenvalue weighted by Crippen LogP contribution is -2.53. The summed E-state index contributed by atoms with van der Waals surface area (Å²) in [5.41, 5.74) is 8.00. The van der Waals surface area contributed by atoms with Crippen molar-refractivity contribution in [2.45, 2.75) is 38.0 Å². The van der Waals surface area contributed by atoms with Crippen molar-refractivity contribution in [3.05, 3.63) is 69.7 Å². The van der Waals surface area contributed by atoms with Crippen LogP contribution in [0.3, 0.4) is 0 Å². The summed E-state index contributed by atoms with van der Waals surface area (Å²) in [6.45, 7) is 2.55. The van der Waals surface area contributed by atoms with Crippen molar-refractivity contribution >= 4 is 29.1 Å². The number of amides is 1. The summed E-state index contributed by atoms with van der Waals surface area (Å²) < 4.78 is 6.01. The third kappa shape index (κ3) is 4.46. The van der Waals surface area contributed by atoms with Crippen LogP contribution in [0.25, 0.3) is 0 Å². The molecule has 27 heavy (non-hydrogen) atoms. The highest BCUT2D eigenvalue weighted by Gasteiger charge is 2.41. The molecule has 1 fully saturated rings. The van der Waals surface area contributed by atoms with Gasteiger partial charge >= 0.3 is 0 Å². The van der Waals surface area contributed by atoms with Crippen molar-refractivity contribution in [2.75, 3.05) is 13.2 Å². The first-order valence-corrected chi connectivity index (χ1v) is 9.94. The molecule has 2 aromatic carbocycles. The van der Waals surface area contributed by atoms with Crippen LogP contribution in [-0.4, -0.2) is 30.0 Å². The number of ether oxygens (including phenoxy) is 1. The molecule has 1 aliphatic heterocycles. The molecule has 0 radical (unpaired) electrons. The van der Waals surface area contributed by atoms with Crippen molar-refractivity contribution in [2.24, 2.45) is 5.73 Å². The molecule has 144 valence electrons. The van der Waals surface area contributed by atoms with Crippen molar-refractivity contribution in [3.63, 3.8) is 0 Å². The van der Waals surface area contributed by atoms with Crippen LogP contribution < -0.4 is 5.73 Å². The van der Waals surface area contributed by atoms with E-state index in [4.69, 9.17) is 33.7 Å². The van der Waals surface area contributed by atoms with Crippen LogP contribution >= 0.6 is 23.2 Å². The second-order valence-electron chi connectivity index (χ2n) is 6.76. The standard InChI is InChI=1S/C21H24Cl2N2O2/c1-2-3-18(12-24)25-19(26)13-27-21(15-6-10-17(23)11-7-15)20(25)14-4-8-16(22)9-5-14/h4-11,18,20-21H,2-3,12-13,24H2,1H3/t18-,20-,21+/m0/s1. The van der Waals surface area contributed by atoms with Gasteiger partial charge in [0.2, 0.25) is 5.91 Å². The maximum Gasteiger partial charge on any atom is 0.249 e. The minimum Gasteiger partial charge on any atom is -0.361 e. The summed E-state index contributed by atoms with van der Waals surface area (Å²) in [7, 11) is 0. The number of halogens is 2. The highest BCUT2D eigenvalue weighted by atomic mass is 35.5. The first-order chi connectivity index (χ1) is 13.0. The zero-order valence-electron chi connectivity index (χ0n) is 15.3. The highest BCUT2D eigenvalue weighted by Crippen LogP contribution is 2.42. The first kappa shape index (κ1) is 20.2. The van der Waals surface area contributed by atoms with E-state index in [-0.39, 0.29) is 30.7 Å². The second kappa shape index (κ2) is 9.07. The zero-order chi connectivity index (χ0) is 19.4. The second-order valence-corrected chi connectivity index (χ2v) is 7.63. The normalized spacial score (nSPS) is 21.3. The highest BCUT2D eigenvalue weighted by molar-refractivity contribution is 6.30. The maximum absolute atomic E-state index is 12.8. The molecule has 1 saturated heterocycles. The number of morpholine rings is 1. The van der Waals surface area contributed by atoms with E-state index in [0.717, 1.165) is 24.0 Å². The van der Waals surface area contributed by atoms with E-state index < -0.39 is 0 Å². The Morgan fingerprint density at radius 2 is 1.63 bits per heavy atom. The molecule has 1 heterocycles. The van der Waals surface area contributed by atoms with Crippen LogP contribution in [0.15, 0.2) is 48.5 Å². The Hall–Kier alpha value is -1.59. The fourth-order valence-electron chi connectivity index (χ4n) is 3.69. The average molecular weight is 407 g/mol. The lowest BCUT2D eigenvalue weighted by Gasteiger charge is -2.45. The third-order valence-corrected chi connectivity index (χ3v) is 5.46. The van der Waals surface area contributed by atoms with E-state index in [2.05, 4.69) is 6.92 Å². The number of nitrogens with zero attached hydrogens (tertiary/aromatic N) is 1. The number of carbonyl (C=O) groups excluding carboxylic acids is 1. The monoisotopic (exact) mass is 406 g/mol. The SMILES string of the molecule is CCC[C@@H](CN)N1C(=O)CO[C@H](c2ccc(Cl)cc2)[C@@H]1c1ccc(Cl)cc1. The molecule has 1 amide bonds. The Bertz CT molecular complexity index is 765. The molecule has 3 rings (SSSR count). The maximum atomic E-state index is 12.8. The van der Waals surface area contributed by atoms with E-state index in [9.17, 15) is 4.79 Å². The molecule has 0 unspecified atom stereocenters. The van der Waals surface area contributed by atoms with Crippen molar-refractivity contribution < 1.29 is 9.53 Å². The molecule has 6 heteroatoms. The van der Waals surface area contributed by atoms with E-state index >= 15 is 0 Å². The third-order valence-electron chi connectivity index (χ3n) is 4.96. The van der Waals surface area contributed by atoms with Gasteiger partial charge in [0.05, 0.1) is 6.04 Å². The smallest absolute Gasteiger partial charge is 0.249 e. The van der Waals surface area contributed by atoms with E-state index in [1.54, 1.807) is 0 Å². The molecular weight excluding hydrogens is 383 g/mol. The predicted octanol–water partition coefficient (Wildman–Crippen LogP) is 4.76. The minimum absolute atomic E-state index is 0.0379. The lowest BCUT2D eigenvalue weighted by molar-refractivity contribution is -0.163. The van der Waals surface area contributed by atoms with Crippen molar-refractivity contribution in [3.8, 4) is 0 Å². The number of hydrogen-bond acceptors (Lipinski definition) is 3. The number of nitrogens with two attached hydrogens (primary N) is 1. The van der Waals surface area contributed by atoms with Gasteiger partial charge in [-0.05, 0) is 41.8 Å². The van der Waals surface area contributed by atoms with Crippen LogP contribution in [0.5, 0.6) is 0 Å². The molecule has 2 aromatic rings. The average Bonchev–Trinajstić information content (AvgIpc) is 2.68. The van der Waals surface area contributed by atoms with Gasteiger partial charge in [-0.15, -0.1) is 0 Å². The van der Waals surface area contributed by atoms with Crippen molar-refractivity contribution in [1.82, 2.24) is 4.90 Å². The molecule has 3 atom stereocenters. The Morgan fingerprint density at radius 3 is 2.15 bits per heavy atom. The van der Waals surface area contributed by atoms with Crippen molar-refractivity contribution in [1.29, 1.82) is 0 Å². The van der Waals surface area contributed by atoms with Crippen LogP contribution in [0.1, 0.15) is 43.0 Å². The van der Waals surface area contributed by atoms with Gasteiger partial charge in [0.1, 0.15) is 12.7 Å². The summed E-state index contributed by atoms with van der Waals surface area (Å²) in [6.07, 6.45) is 1.50. The van der Waals surface area contributed by atoms with Crippen LogP contribution in [0, 0.1) is 0 Å². The fraction of sp³-hybridized carbons (Fsp3) is 0.381. The predicted molar refractivity (Wildman–Crippen MR) is 109 cm³/mol. The molecule has 2 N–H and O–H groups in total. The molecule has 0 aromatic heterocycles. The van der Waals surface area contributed by atoms with Gasteiger partial charge in [-0.3, -0.25) is 4.79 Å². The van der Waals surface area contributed by atoms with Gasteiger partial charge < -0.3 is 15.4 Å². The lowest BCUT2D eigenvalue weighted by atomic mass is 9.91. The topological polar surface area (TPSA) is 55.6 Å². The van der Waals surface area contributed by atoms with Crippen LogP contribution in [0.4, 0.5) is 0 Å². The summed E-state index contributed by atoms with van der Waals surface area (Å²) in [5, 5.41) is 1.32. The fourth-order valence-corrected chi connectivity index (χ4v) is 3.94. The Balaban J connectivity index is 2.07. The van der Waals surface area contributed by atoms with E-state index in [1.165, 1.54) is 0 Å². The largest absolute Gasteiger partial charge is 0.361 e. The number of benzene rings is 2. The van der Waals surface area contributed by atoms with Gasteiger partial charge in [-0.1, -0.05) is 60.8 Å². The Labute approximate surface area is 170 Å². The Kier molecular flexibility index (Phi) is 6.77. The summed E-state index contributed by atoms with van der Waals surface area (Å²) in [6, 6.07) is 14.8. The molecular formula is C21H24Cl2N2O2. The summed E-state index contributed by atoms with van der Waals surface area (Å²) in [4.78, 5) is 14.8. The number of rotatable bonds is 6. The van der Waals surface area contributed by atoms with Gasteiger partial charge in [0.25, 0.3) is 0 Å². The molecule has 0 bridgehead atoms. The quantitative estimate of drug-likeness (QED) is 0.751. The van der Waals surface area contributed by atoms with Gasteiger partial charge in [-0.2, -0.15) is 0 Å². The molecule has 0 saturated carbocycles.